The lowest BCUT2D eigenvalue weighted by molar-refractivity contribution is 0.405. The Labute approximate surface area is 80.7 Å². The Morgan fingerprint density at radius 1 is 1.54 bits per heavy atom. The smallest absolute Gasteiger partial charge is 0.264 e. The number of hydrogen-bond acceptors (Lipinski definition) is 3. The first-order chi connectivity index (χ1) is 6.09. The maximum atomic E-state index is 11.1. The molecular formula is C7H9ClN2O2S. The predicted molar refractivity (Wildman–Crippen MR) is 48.2 cm³/mol. The van der Waals surface area contributed by atoms with Crippen molar-refractivity contribution < 1.29 is 8.42 Å². The minimum absolute atomic E-state index is 0.138. The summed E-state index contributed by atoms with van der Waals surface area (Å²) in [5.41, 5.74) is 0.668. The van der Waals surface area contributed by atoms with Crippen LogP contribution in [-0.4, -0.2) is 18.6 Å². The summed E-state index contributed by atoms with van der Waals surface area (Å²) in [6.07, 6.45) is 4.45. The van der Waals surface area contributed by atoms with E-state index in [1.807, 2.05) is 0 Å². The van der Waals surface area contributed by atoms with Crippen molar-refractivity contribution in [2.45, 2.75) is 30.1 Å². The predicted octanol–water partition coefficient (Wildman–Crippen LogP) is 1.60. The van der Waals surface area contributed by atoms with Gasteiger partial charge in [0, 0.05) is 16.6 Å². The topological polar surface area (TPSA) is 62.8 Å². The number of aromatic amines is 1. The molecule has 0 saturated heterocycles. The van der Waals surface area contributed by atoms with Crippen LogP contribution in [0.3, 0.4) is 0 Å². The van der Waals surface area contributed by atoms with Gasteiger partial charge >= 0.3 is 0 Å². The van der Waals surface area contributed by atoms with Crippen LogP contribution in [0.1, 0.15) is 30.9 Å². The van der Waals surface area contributed by atoms with Crippen LogP contribution in [0, 0.1) is 0 Å². The molecule has 1 aromatic rings. The van der Waals surface area contributed by atoms with E-state index in [4.69, 9.17) is 10.7 Å². The summed E-state index contributed by atoms with van der Waals surface area (Å²) in [5, 5.41) is 6.40. The monoisotopic (exact) mass is 220 g/mol. The zero-order valence-corrected chi connectivity index (χ0v) is 8.40. The maximum absolute atomic E-state index is 11.1. The maximum Gasteiger partial charge on any atom is 0.264 e. The molecule has 1 fully saturated rings. The molecule has 0 aromatic carbocycles. The second-order valence-electron chi connectivity index (χ2n) is 3.21. The number of rotatable bonds is 2. The van der Waals surface area contributed by atoms with Gasteiger partial charge in [0.25, 0.3) is 9.05 Å². The van der Waals surface area contributed by atoms with Crippen molar-refractivity contribution in [2.75, 3.05) is 0 Å². The molecule has 72 valence electrons. The second kappa shape index (κ2) is 2.99. The summed E-state index contributed by atoms with van der Waals surface area (Å²) < 4.78 is 22.1. The summed E-state index contributed by atoms with van der Waals surface area (Å²) in [7, 11) is 1.61. The van der Waals surface area contributed by atoms with Crippen molar-refractivity contribution in [3.8, 4) is 0 Å². The summed E-state index contributed by atoms with van der Waals surface area (Å²) in [6, 6.07) is 0. The van der Waals surface area contributed by atoms with E-state index in [0.717, 1.165) is 19.3 Å². The second-order valence-corrected chi connectivity index (χ2v) is 5.75. The number of H-pyrrole nitrogens is 1. The van der Waals surface area contributed by atoms with E-state index in [-0.39, 0.29) is 4.90 Å². The summed E-state index contributed by atoms with van der Waals surface area (Å²) >= 11 is 0. The number of halogens is 1. The highest BCUT2D eigenvalue weighted by Gasteiger charge is 2.28. The Morgan fingerprint density at radius 3 is 2.69 bits per heavy atom. The van der Waals surface area contributed by atoms with Crippen molar-refractivity contribution in [1.82, 2.24) is 10.2 Å². The largest absolute Gasteiger partial charge is 0.281 e. The molecule has 1 saturated carbocycles. The fourth-order valence-corrected chi connectivity index (χ4v) is 2.49. The van der Waals surface area contributed by atoms with Crippen LogP contribution in [0.2, 0.25) is 0 Å². The molecule has 1 aliphatic carbocycles. The average molecular weight is 221 g/mol. The quantitative estimate of drug-likeness (QED) is 0.771. The fourth-order valence-electron chi connectivity index (χ4n) is 1.47. The van der Waals surface area contributed by atoms with Crippen LogP contribution in [0.5, 0.6) is 0 Å². The molecule has 0 atom stereocenters. The van der Waals surface area contributed by atoms with Crippen LogP contribution in [0.25, 0.3) is 0 Å². The SMILES string of the molecule is O=S(=O)(Cl)c1cn[nH]c1C1CCC1. The van der Waals surface area contributed by atoms with Gasteiger partial charge in [0.05, 0.1) is 11.9 Å². The van der Waals surface area contributed by atoms with Crippen LogP contribution in [-0.2, 0) is 9.05 Å². The van der Waals surface area contributed by atoms with E-state index >= 15 is 0 Å². The number of nitrogens with zero attached hydrogens (tertiary/aromatic N) is 1. The van der Waals surface area contributed by atoms with Gasteiger partial charge in [-0.3, -0.25) is 5.10 Å². The molecular weight excluding hydrogens is 212 g/mol. The van der Waals surface area contributed by atoms with Crippen LogP contribution < -0.4 is 0 Å². The van der Waals surface area contributed by atoms with Crippen molar-refractivity contribution in [2.24, 2.45) is 0 Å². The lowest BCUT2D eigenvalue weighted by Gasteiger charge is -2.24. The van der Waals surface area contributed by atoms with Crippen molar-refractivity contribution in [3.05, 3.63) is 11.9 Å². The van der Waals surface area contributed by atoms with Gasteiger partial charge in [-0.2, -0.15) is 5.10 Å². The third-order valence-corrected chi connectivity index (χ3v) is 3.76. The van der Waals surface area contributed by atoms with Gasteiger partial charge in [0.2, 0.25) is 0 Å². The van der Waals surface area contributed by atoms with Crippen molar-refractivity contribution >= 4 is 19.7 Å². The van der Waals surface area contributed by atoms with E-state index in [2.05, 4.69) is 10.2 Å². The van der Waals surface area contributed by atoms with Gasteiger partial charge in [-0.15, -0.1) is 0 Å². The first-order valence-corrected chi connectivity index (χ1v) is 6.38. The van der Waals surface area contributed by atoms with Gasteiger partial charge in [-0.05, 0) is 12.8 Å². The normalized spacial score (nSPS) is 18.5. The van der Waals surface area contributed by atoms with Crippen molar-refractivity contribution in [3.63, 3.8) is 0 Å². The van der Waals surface area contributed by atoms with E-state index in [0.29, 0.717) is 11.6 Å². The molecule has 0 amide bonds. The Kier molecular flexibility index (Phi) is 2.08. The Balaban J connectivity index is 2.41. The van der Waals surface area contributed by atoms with Gasteiger partial charge in [-0.25, -0.2) is 8.42 Å². The molecule has 0 radical (unpaired) electrons. The fraction of sp³-hybridized carbons (Fsp3) is 0.571. The zero-order valence-electron chi connectivity index (χ0n) is 6.83. The lowest BCUT2D eigenvalue weighted by Crippen LogP contribution is -2.11. The minimum Gasteiger partial charge on any atom is -0.281 e. The standard InChI is InChI=1S/C7H9ClN2O2S/c8-13(11,12)6-4-9-10-7(6)5-2-1-3-5/h4-5H,1-3H2,(H,9,10). The van der Waals surface area contributed by atoms with Crippen LogP contribution in [0.4, 0.5) is 0 Å². The highest BCUT2D eigenvalue weighted by Crippen LogP contribution is 2.38. The van der Waals surface area contributed by atoms with Gasteiger partial charge in [0.1, 0.15) is 4.90 Å². The lowest BCUT2D eigenvalue weighted by atomic mass is 9.83. The highest BCUT2D eigenvalue weighted by atomic mass is 35.7. The van der Waals surface area contributed by atoms with Crippen LogP contribution in [0.15, 0.2) is 11.1 Å². The minimum atomic E-state index is -3.63. The molecule has 1 N–H and O–H groups in total. The van der Waals surface area contributed by atoms with E-state index in [1.165, 1.54) is 6.20 Å². The molecule has 13 heavy (non-hydrogen) atoms. The third kappa shape index (κ3) is 1.58. The van der Waals surface area contributed by atoms with Gasteiger partial charge in [0.15, 0.2) is 0 Å². The number of nitrogens with one attached hydrogen (secondary N) is 1. The van der Waals surface area contributed by atoms with Crippen LogP contribution >= 0.6 is 10.7 Å². The number of aromatic nitrogens is 2. The molecule has 2 rings (SSSR count). The zero-order chi connectivity index (χ0) is 9.47. The Morgan fingerprint density at radius 2 is 2.23 bits per heavy atom. The molecule has 4 nitrogen and oxygen atoms in total. The highest BCUT2D eigenvalue weighted by molar-refractivity contribution is 8.13. The molecule has 1 aromatic heterocycles. The number of hydrogen-bond donors (Lipinski definition) is 1. The molecule has 0 spiro atoms. The molecule has 0 bridgehead atoms. The van der Waals surface area contributed by atoms with E-state index in [9.17, 15) is 8.42 Å². The molecule has 0 aliphatic heterocycles. The Hall–Kier alpha value is -0.550. The third-order valence-electron chi connectivity index (χ3n) is 2.41. The van der Waals surface area contributed by atoms with Gasteiger partial charge < -0.3 is 0 Å². The molecule has 1 heterocycles. The summed E-state index contributed by atoms with van der Waals surface area (Å²) in [5.74, 6) is 0.297. The molecule has 1 aliphatic rings. The average Bonchev–Trinajstić information content (AvgIpc) is 2.29. The van der Waals surface area contributed by atoms with Crippen molar-refractivity contribution in [1.29, 1.82) is 0 Å². The Bertz CT molecular complexity index is 408. The first kappa shape index (κ1) is 9.02. The molecule has 0 unspecified atom stereocenters. The summed E-state index contributed by atoms with van der Waals surface area (Å²) in [4.78, 5) is 0.138. The summed E-state index contributed by atoms with van der Waals surface area (Å²) in [6.45, 7) is 0. The molecule has 6 heteroatoms. The van der Waals surface area contributed by atoms with E-state index in [1.54, 1.807) is 0 Å². The first-order valence-electron chi connectivity index (χ1n) is 4.07. The van der Waals surface area contributed by atoms with E-state index < -0.39 is 9.05 Å². The van der Waals surface area contributed by atoms with Gasteiger partial charge in [-0.1, -0.05) is 6.42 Å².